The number of thiophene rings is 1. The Kier molecular flexibility index (Phi) is 5.07. The highest BCUT2D eigenvalue weighted by Crippen LogP contribution is 2.44. The lowest BCUT2D eigenvalue weighted by molar-refractivity contribution is -0.132. The second-order valence-electron chi connectivity index (χ2n) is 8.07. The summed E-state index contributed by atoms with van der Waals surface area (Å²) in [6.07, 6.45) is 0.784. The molecule has 3 heterocycles. The molecule has 0 aliphatic carbocycles. The van der Waals surface area contributed by atoms with Crippen molar-refractivity contribution in [2.24, 2.45) is 0 Å². The van der Waals surface area contributed by atoms with Crippen LogP contribution in [0.4, 0.5) is 5.69 Å². The second kappa shape index (κ2) is 7.80. The number of benzene rings is 2. The summed E-state index contributed by atoms with van der Waals surface area (Å²) in [4.78, 5) is 28.5. The van der Waals surface area contributed by atoms with Gasteiger partial charge in [0.2, 0.25) is 0 Å². The van der Waals surface area contributed by atoms with Crippen molar-refractivity contribution >= 4 is 46.1 Å². The zero-order valence-corrected chi connectivity index (χ0v) is 19.0. The van der Waals surface area contributed by atoms with Crippen molar-refractivity contribution in [3.63, 3.8) is 0 Å². The van der Waals surface area contributed by atoms with E-state index in [0.29, 0.717) is 16.3 Å². The quantitative estimate of drug-likeness (QED) is 0.308. The lowest BCUT2D eigenvalue weighted by Crippen LogP contribution is -2.29. The Morgan fingerprint density at radius 3 is 2.72 bits per heavy atom. The second-order valence-corrected chi connectivity index (χ2v) is 9.46. The summed E-state index contributed by atoms with van der Waals surface area (Å²) >= 11 is 7.74. The van der Waals surface area contributed by atoms with E-state index in [1.165, 1.54) is 16.2 Å². The third kappa shape index (κ3) is 3.31. The normalized spacial score (nSPS) is 21.7. The highest BCUT2D eigenvalue weighted by atomic mass is 35.5. The van der Waals surface area contributed by atoms with E-state index in [1.807, 2.05) is 43.5 Å². The van der Waals surface area contributed by atoms with E-state index in [2.05, 4.69) is 0 Å². The van der Waals surface area contributed by atoms with Crippen LogP contribution >= 0.6 is 22.9 Å². The Labute approximate surface area is 194 Å². The lowest BCUT2D eigenvalue weighted by atomic mass is 9.98. The van der Waals surface area contributed by atoms with Crippen LogP contribution in [0.5, 0.6) is 5.75 Å². The minimum Gasteiger partial charge on any atom is -0.507 e. The average Bonchev–Trinajstić information content (AvgIpc) is 3.47. The Hall–Kier alpha value is -3.09. The molecule has 2 aromatic carbocycles. The predicted molar refractivity (Wildman–Crippen MR) is 126 cm³/mol. The number of hydrogen-bond acceptors (Lipinski definition) is 5. The van der Waals surface area contributed by atoms with Gasteiger partial charge >= 0.3 is 0 Å². The number of Topliss-reactive ketones (excluding diaryl/α,β-unsaturated/α-hetero) is 1. The Bertz CT molecular complexity index is 1280. The Morgan fingerprint density at radius 1 is 1.19 bits per heavy atom. The van der Waals surface area contributed by atoms with Crippen LogP contribution in [-0.4, -0.2) is 22.9 Å². The molecule has 0 saturated carbocycles. The molecule has 162 valence electrons. The number of anilines is 1. The maximum atomic E-state index is 13.2. The number of aryl methyl sites for hydroxylation is 1. The number of ketones is 1. The third-order valence-corrected chi connectivity index (χ3v) is 7.19. The van der Waals surface area contributed by atoms with Gasteiger partial charge in [-0.3, -0.25) is 14.5 Å². The molecule has 7 heteroatoms. The molecule has 2 unspecified atom stereocenters. The van der Waals surface area contributed by atoms with Gasteiger partial charge in [-0.15, -0.1) is 11.3 Å². The monoisotopic (exact) mass is 465 g/mol. The number of amides is 1. The first-order valence-electron chi connectivity index (χ1n) is 10.3. The molecule has 2 atom stereocenters. The minimum atomic E-state index is -0.739. The number of fused-ring (bicyclic) bond motifs is 1. The van der Waals surface area contributed by atoms with Crippen LogP contribution in [0.3, 0.4) is 0 Å². The third-order valence-electron chi connectivity index (χ3n) is 5.86. The molecule has 2 aliphatic rings. The molecule has 0 spiro atoms. The molecular formula is C25H20ClNO4S. The molecule has 1 N–H and O–H groups in total. The summed E-state index contributed by atoms with van der Waals surface area (Å²) in [6, 6.07) is 13.6. The minimum absolute atomic E-state index is 0.0605. The number of aliphatic hydroxyl groups is 1. The first kappa shape index (κ1) is 20.8. The largest absolute Gasteiger partial charge is 0.507 e. The van der Waals surface area contributed by atoms with Gasteiger partial charge in [-0.25, -0.2) is 0 Å². The van der Waals surface area contributed by atoms with Crippen LogP contribution in [0.15, 0.2) is 59.5 Å². The number of halogens is 1. The fourth-order valence-corrected chi connectivity index (χ4v) is 5.27. The number of rotatable bonds is 3. The van der Waals surface area contributed by atoms with Crippen molar-refractivity contribution in [3.8, 4) is 5.75 Å². The van der Waals surface area contributed by atoms with Crippen LogP contribution in [0.2, 0.25) is 5.02 Å². The van der Waals surface area contributed by atoms with Gasteiger partial charge in [0.05, 0.1) is 5.57 Å². The zero-order chi connectivity index (χ0) is 22.6. The molecule has 0 bridgehead atoms. The van der Waals surface area contributed by atoms with Crippen molar-refractivity contribution < 1.29 is 19.4 Å². The number of aliphatic hydroxyl groups excluding tert-OH is 1. The summed E-state index contributed by atoms with van der Waals surface area (Å²) in [5.74, 6) is -0.825. The first-order valence-corrected chi connectivity index (χ1v) is 11.5. The van der Waals surface area contributed by atoms with Gasteiger partial charge in [-0.05, 0) is 66.8 Å². The van der Waals surface area contributed by atoms with Crippen molar-refractivity contribution in [2.45, 2.75) is 32.4 Å². The number of ether oxygens (including phenoxy) is 1. The van der Waals surface area contributed by atoms with Gasteiger partial charge in [0.15, 0.2) is 0 Å². The SMILES string of the molecule is Cc1ccc(N2C(=O)C(=O)/C(=C(\O)c3ccc4c(c3)CC(C)O4)C2c2cccs2)cc1Cl. The topological polar surface area (TPSA) is 66.8 Å². The molecule has 5 rings (SSSR count). The number of hydrogen-bond donors (Lipinski definition) is 1. The zero-order valence-electron chi connectivity index (χ0n) is 17.5. The Balaban J connectivity index is 1.67. The van der Waals surface area contributed by atoms with Crippen LogP contribution in [0, 0.1) is 6.92 Å². The van der Waals surface area contributed by atoms with E-state index >= 15 is 0 Å². The maximum Gasteiger partial charge on any atom is 0.300 e. The van der Waals surface area contributed by atoms with Crippen molar-refractivity contribution in [2.75, 3.05) is 4.90 Å². The molecule has 1 fully saturated rings. The standard InChI is InChI=1S/C25H20ClNO4S/c1-13-5-7-17(12-18(13)26)27-22(20-4-3-9-32-20)21(24(29)25(27)30)23(28)15-6-8-19-16(11-15)10-14(2)31-19/h3-9,11-12,14,22,28H,10H2,1-2H3/b23-21-. The van der Waals surface area contributed by atoms with E-state index in [1.54, 1.807) is 24.3 Å². The van der Waals surface area contributed by atoms with Gasteiger partial charge < -0.3 is 9.84 Å². The molecule has 1 aromatic heterocycles. The fourth-order valence-electron chi connectivity index (χ4n) is 4.27. The van der Waals surface area contributed by atoms with Crippen LogP contribution in [0.25, 0.3) is 5.76 Å². The Morgan fingerprint density at radius 2 is 2.00 bits per heavy atom. The summed E-state index contributed by atoms with van der Waals surface area (Å²) in [5.41, 5.74) is 2.91. The molecule has 0 radical (unpaired) electrons. The summed E-state index contributed by atoms with van der Waals surface area (Å²) < 4.78 is 5.74. The molecule has 1 amide bonds. The first-order chi connectivity index (χ1) is 15.3. The predicted octanol–water partition coefficient (Wildman–Crippen LogP) is 5.66. The number of carbonyl (C=O) groups is 2. The summed E-state index contributed by atoms with van der Waals surface area (Å²) in [6.45, 7) is 3.85. The molecule has 3 aromatic rings. The van der Waals surface area contributed by atoms with E-state index in [-0.39, 0.29) is 17.4 Å². The van der Waals surface area contributed by atoms with Crippen LogP contribution < -0.4 is 9.64 Å². The van der Waals surface area contributed by atoms with E-state index in [4.69, 9.17) is 16.3 Å². The molecule has 32 heavy (non-hydrogen) atoms. The summed E-state index contributed by atoms with van der Waals surface area (Å²) in [5, 5.41) is 13.6. The fraction of sp³-hybridized carbons (Fsp3) is 0.200. The van der Waals surface area contributed by atoms with E-state index < -0.39 is 17.7 Å². The van der Waals surface area contributed by atoms with Crippen LogP contribution in [0.1, 0.15) is 34.5 Å². The smallest absolute Gasteiger partial charge is 0.300 e. The van der Waals surface area contributed by atoms with Crippen molar-refractivity contribution in [1.29, 1.82) is 0 Å². The highest BCUT2D eigenvalue weighted by Gasteiger charge is 2.47. The maximum absolute atomic E-state index is 13.2. The van der Waals surface area contributed by atoms with Gasteiger partial charge in [0.1, 0.15) is 23.7 Å². The van der Waals surface area contributed by atoms with Crippen molar-refractivity contribution in [1.82, 2.24) is 0 Å². The van der Waals surface area contributed by atoms with Gasteiger partial charge in [-0.2, -0.15) is 0 Å². The lowest BCUT2D eigenvalue weighted by Gasteiger charge is -2.24. The molecule has 1 saturated heterocycles. The average molecular weight is 466 g/mol. The number of carbonyl (C=O) groups excluding carboxylic acids is 2. The molecular weight excluding hydrogens is 446 g/mol. The van der Waals surface area contributed by atoms with Crippen molar-refractivity contribution in [3.05, 3.63) is 86.1 Å². The molecule has 5 nitrogen and oxygen atoms in total. The van der Waals surface area contributed by atoms with Crippen LogP contribution in [-0.2, 0) is 16.0 Å². The highest BCUT2D eigenvalue weighted by molar-refractivity contribution is 7.10. The van der Waals surface area contributed by atoms with E-state index in [9.17, 15) is 14.7 Å². The van der Waals surface area contributed by atoms with Gasteiger partial charge in [0, 0.05) is 27.6 Å². The van der Waals surface area contributed by atoms with E-state index in [0.717, 1.165) is 28.2 Å². The summed E-state index contributed by atoms with van der Waals surface area (Å²) in [7, 11) is 0. The molecule has 2 aliphatic heterocycles. The number of nitrogens with zero attached hydrogens (tertiary/aromatic N) is 1. The van der Waals surface area contributed by atoms with Gasteiger partial charge in [-0.1, -0.05) is 23.7 Å². The van der Waals surface area contributed by atoms with Gasteiger partial charge in [0.25, 0.3) is 11.7 Å².